The Bertz CT molecular complexity index is 639. The molecule has 0 spiro atoms. The van der Waals surface area contributed by atoms with Crippen molar-refractivity contribution in [1.82, 2.24) is 20.1 Å². The third-order valence-electron chi connectivity index (χ3n) is 2.93. The molecule has 20 heavy (non-hydrogen) atoms. The number of carbonyl (C=O) groups is 1. The number of rotatable bonds is 3. The van der Waals surface area contributed by atoms with E-state index in [2.05, 4.69) is 20.7 Å². The van der Waals surface area contributed by atoms with Crippen molar-refractivity contribution in [3.05, 3.63) is 18.0 Å². The molecule has 2 aromatic rings. The van der Waals surface area contributed by atoms with Crippen LogP contribution in [-0.2, 0) is 11.8 Å². The molecule has 0 aliphatic heterocycles. The lowest BCUT2D eigenvalue weighted by Gasteiger charge is -2.19. The molecule has 6 nitrogen and oxygen atoms in total. The standard InChI is InChI=1S/C14H21N5O/c1-9-11-6-10(7-15-13(11)19(5)18-9)17-12(20)8-16-14(2,3)4/h6-7,16H,8H2,1-5H3,(H,17,20). The Labute approximate surface area is 118 Å². The van der Waals surface area contributed by atoms with Gasteiger partial charge in [-0.3, -0.25) is 9.48 Å². The molecule has 6 heteroatoms. The maximum atomic E-state index is 11.9. The van der Waals surface area contributed by atoms with Crippen LogP contribution in [0.25, 0.3) is 11.0 Å². The zero-order valence-electron chi connectivity index (χ0n) is 12.6. The minimum atomic E-state index is -0.0838. The van der Waals surface area contributed by atoms with E-state index >= 15 is 0 Å². The van der Waals surface area contributed by atoms with Crippen LogP contribution in [0.3, 0.4) is 0 Å². The van der Waals surface area contributed by atoms with Crippen molar-refractivity contribution < 1.29 is 4.79 Å². The van der Waals surface area contributed by atoms with Gasteiger partial charge in [0.15, 0.2) is 5.65 Å². The van der Waals surface area contributed by atoms with E-state index in [1.54, 1.807) is 10.9 Å². The molecule has 0 aliphatic rings. The van der Waals surface area contributed by atoms with Gasteiger partial charge >= 0.3 is 0 Å². The van der Waals surface area contributed by atoms with Crippen molar-refractivity contribution in [3.63, 3.8) is 0 Å². The largest absolute Gasteiger partial charge is 0.324 e. The Morgan fingerprint density at radius 2 is 2.10 bits per heavy atom. The van der Waals surface area contributed by atoms with Crippen LogP contribution in [0, 0.1) is 6.92 Å². The molecule has 2 rings (SSSR count). The van der Waals surface area contributed by atoms with E-state index in [0.717, 1.165) is 16.7 Å². The smallest absolute Gasteiger partial charge is 0.238 e. The minimum Gasteiger partial charge on any atom is -0.324 e. The summed E-state index contributed by atoms with van der Waals surface area (Å²) in [5, 5.41) is 11.2. The number of carbonyl (C=O) groups excluding carboxylic acids is 1. The van der Waals surface area contributed by atoms with E-state index in [4.69, 9.17) is 0 Å². The molecule has 0 saturated heterocycles. The number of aromatic nitrogens is 3. The van der Waals surface area contributed by atoms with Gasteiger partial charge in [0.2, 0.25) is 5.91 Å². The third kappa shape index (κ3) is 3.33. The zero-order valence-corrected chi connectivity index (χ0v) is 12.6. The topological polar surface area (TPSA) is 71.8 Å². The summed E-state index contributed by atoms with van der Waals surface area (Å²) in [6.07, 6.45) is 1.65. The highest BCUT2D eigenvalue weighted by Crippen LogP contribution is 2.19. The highest BCUT2D eigenvalue weighted by atomic mass is 16.1. The summed E-state index contributed by atoms with van der Waals surface area (Å²) in [7, 11) is 1.85. The molecule has 0 atom stereocenters. The predicted molar refractivity (Wildman–Crippen MR) is 79.6 cm³/mol. The van der Waals surface area contributed by atoms with Gasteiger partial charge in [0.05, 0.1) is 24.1 Å². The molecule has 0 aliphatic carbocycles. The summed E-state index contributed by atoms with van der Waals surface area (Å²) in [6.45, 7) is 8.26. The number of amides is 1. The van der Waals surface area contributed by atoms with Gasteiger partial charge in [0, 0.05) is 18.0 Å². The molecule has 0 bridgehead atoms. The summed E-state index contributed by atoms with van der Waals surface area (Å²) >= 11 is 0. The quantitative estimate of drug-likeness (QED) is 0.892. The van der Waals surface area contributed by atoms with Gasteiger partial charge in [-0.15, -0.1) is 0 Å². The van der Waals surface area contributed by atoms with Crippen molar-refractivity contribution in [2.75, 3.05) is 11.9 Å². The molecule has 0 fully saturated rings. The van der Waals surface area contributed by atoms with E-state index in [9.17, 15) is 4.79 Å². The monoisotopic (exact) mass is 275 g/mol. The first-order chi connectivity index (χ1) is 9.26. The van der Waals surface area contributed by atoms with Gasteiger partial charge in [0.25, 0.3) is 0 Å². The average molecular weight is 275 g/mol. The maximum Gasteiger partial charge on any atom is 0.238 e. The number of pyridine rings is 1. The van der Waals surface area contributed by atoms with Crippen LogP contribution >= 0.6 is 0 Å². The Balaban J connectivity index is 2.10. The van der Waals surface area contributed by atoms with Gasteiger partial charge in [-0.05, 0) is 33.8 Å². The number of fused-ring (bicyclic) bond motifs is 1. The van der Waals surface area contributed by atoms with Crippen molar-refractivity contribution in [1.29, 1.82) is 0 Å². The van der Waals surface area contributed by atoms with Crippen molar-refractivity contribution in [2.24, 2.45) is 7.05 Å². The lowest BCUT2D eigenvalue weighted by atomic mass is 10.1. The van der Waals surface area contributed by atoms with Gasteiger partial charge < -0.3 is 10.6 Å². The molecular formula is C14H21N5O. The molecule has 2 heterocycles. The molecule has 2 N–H and O–H groups in total. The Morgan fingerprint density at radius 1 is 1.40 bits per heavy atom. The lowest BCUT2D eigenvalue weighted by Crippen LogP contribution is -2.41. The zero-order chi connectivity index (χ0) is 14.9. The molecule has 0 saturated carbocycles. The summed E-state index contributed by atoms with van der Waals surface area (Å²) in [5.74, 6) is -0.0809. The SMILES string of the molecule is Cc1nn(C)c2ncc(NC(=O)CNC(C)(C)C)cc12. The third-order valence-corrected chi connectivity index (χ3v) is 2.93. The predicted octanol–water partition coefficient (Wildman–Crippen LogP) is 1.60. The first-order valence-electron chi connectivity index (χ1n) is 6.60. The Hall–Kier alpha value is -1.95. The second-order valence-corrected chi connectivity index (χ2v) is 5.96. The molecule has 0 radical (unpaired) electrons. The van der Waals surface area contributed by atoms with Gasteiger partial charge in [0.1, 0.15) is 0 Å². The first kappa shape index (κ1) is 14.5. The van der Waals surface area contributed by atoms with E-state index in [0.29, 0.717) is 5.69 Å². The van der Waals surface area contributed by atoms with E-state index in [1.807, 2.05) is 40.8 Å². The van der Waals surface area contributed by atoms with Crippen molar-refractivity contribution in [3.8, 4) is 0 Å². The second-order valence-electron chi connectivity index (χ2n) is 5.96. The fourth-order valence-electron chi connectivity index (χ4n) is 1.93. The van der Waals surface area contributed by atoms with E-state index in [1.165, 1.54) is 0 Å². The molecular weight excluding hydrogens is 254 g/mol. The summed E-state index contributed by atoms with van der Waals surface area (Å²) in [5.41, 5.74) is 2.32. The highest BCUT2D eigenvalue weighted by molar-refractivity contribution is 5.94. The summed E-state index contributed by atoms with van der Waals surface area (Å²) in [4.78, 5) is 16.2. The lowest BCUT2D eigenvalue weighted by molar-refractivity contribution is -0.115. The van der Waals surface area contributed by atoms with Crippen LogP contribution in [0.4, 0.5) is 5.69 Å². The second kappa shape index (κ2) is 5.20. The van der Waals surface area contributed by atoms with Crippen molar-refractivity contribution in [2.45, 2.75) is 33.2 Å². The van der Waals surface area contributed by atoms with Crippen LogP contribution < -0.4 is 10.6 Å². The average Bonchev–Trinajstić information content (AvgIpc) is 2.62. The van der Waals surface area contributed by atoms with E-state index in [-0.39, 0.29) is 18.0 Å². The van der Waals surface area contributed by atoms with Crippen LogP contribution in [-0.4, -0.2) is 32.8 Å². The number of nitrogens with zero attached hydrogens (tertiary/aromatic N) is 3. The number of hydrogen-bond donors (Lipinski definition) is 2. The highest BCUT2D eigenvalue weighted by Gasteiger charge is 2.12. The molecule has 0 aromatic carbocycles. The molecule has 108 valence electrons. The van der Waals surface area contributed by atoms with Crippen molar-refractivity contribution >= 4 is 22.6 Å². The Morgan fingerprint density at radius 3 is 2.75 bits per heavy atom. The fraction of sp³-hybridized carbons (Fsp3) is 0.500. The van der Waals surface area contributed by atoms with Gasteiger partial charge in [-0.1, -0.05) is 0 Å². The maximum absolute atomic E-state index is 11.9. The number of anilines is 1. The van der Waals surface area contributed by atoms with Crippen LogP contribution in [0.2, 0.25) is 0 Å². The summed E-state index contributed by atoms with van der Waals surface area (Å²) < 4.78 is 1.73. The fourth-order valence-corrected chi connectivity index (χ4v) is 1.93. The molecule has 0 unspecified atom stereocenters. The van der Waals surface area contributed by atoms with Crippen LogP contribution in [0.1, 0.15) is 26.5 Å². The van der Waals surface area contributed by atoms with Gasteiger partial charge in [-0.2, -0.15) is 5.10 Å². The number of aryl methyl sites for hydroxylation is 2. The molecule has 2 aromatic heterocycles. The van der Waals surface area contributed by atoms with E-state index < -0.39 is 0 Å². The van der Waals surface area contributed by atoms with Crippen LogP contribution in [0.15, 0.2) is 12.3 Å². The van der Waals surface area contributed by atoms with Crippen LogP contribution in [0.5, 0.6) is 0 Å². The molecule has 1 amide bonds. The number of hydrogen-bond acceptors (Lipinski definition) is 4. The minimum absolute atomic E-state index is 0.0809. The summed E-state index contributed by atoms with van der Waals surface area (Å²) in [6, 6.07) is 1.90. The normalized spacial score (nSPS) is 11.8. The van der Waals surface area contributed by atoms with Gasteiger partial charge in [-0.25, -0.2) is 4.98 Å². The first-order valence-corrected chi connectivity index (χ1v) is 6.60. The number of nitrogens with one attached hydrogen (secondary N) is 2. The Kier molecular flexibility index (Phi) is 3.76.